The van der Waals surface area contributed by atoms with Crippen LogP contribution in [0.2, 0.25) is 0 Å². The van der Waals surface area contributed by atoms with Gasteiger partial charge in [-0.2, -0.15) is 0 Å². The number of rotatable bonds is 7. The molecule has 2 rings (SSSR count). The Balaban J connectivity index is 1.71. The van der Waals surface area contributed by atoms with Crippen molar-refractivity contribution in [3.63, 3.8) is 0 Å². The zero-order chi connectivity index (χ0) is 14.4. The van der Waals surface area contributed by atoms with Gasteiger partial charge in [0.15, 0.2) is 0 Å². The molecule has 0 saturated heterocycles. The summed E-state index contributed by atoms with van der Waals surface area (Å²) < 4.78 is 5.79. The van der Waals surface area contributed by atoms with Crippen molar-refractivity contribution < 1.29 is 4.74 Å². The van der Waals surface area contributed by atoms with Gasteiger partial charge in [0, 0.05) is 18.0 Å². The molecule has 0 atom stereocenters. The Morgan fingerprint density at radius 1 is 1.25 bits per heavy atom. The summed E-state index contributed by atoms with van der Waals surface area (Å²) in [6.45, 7) is 9.05. The molecule has 108 valence electrons. The third-order valence-electron chi connectivity index (χ3n) is 3.33. The Bertz CT molecular complexity index is 533. The Morgan fingerprint density at radius 2 is 2.10 bits per heavy atom. The molecule has 0 spiro atoms. The number of benzene rings is 1. The lowest BCUT2D eigenvalue weighted by Crippen LogP contribution is -2.20. The smallest absolute Gasteiger partial charge is 0.119 e. The molecule has 0 aliphatic heterocycles. The zero-order valence-corrected chi connectivity index (χ0v) is 13.3. The van der Waals surface area contributed by atoms with E-state index in [1.165, 1.54) is 16.0 Å². The minimum atomic E-state index is 0.540. The van der Waals surface area contributed by atoms with Gasteiger partial charge >= 0.3 is 0 Å². The van der Waals surface area contributed by atoms with E-state index in [9.17, 15) is 0 Å². The molecule has 0 radical (unpaired) electrons. The number of ether oxygens (including phenoxy) is 1. The van der Waals surface area contributed by atoms with E-state index in [1.807, 2.05) is 6.07 Å². The topological polar surface area (TPSA) is 21.3 Å². The van der Waals surface area contributed by atoms with Gasteiger partial charge < -0.3 is 10.1 Å². The molecule has 1 heterocycles. The molecule has 2 aromatic rings. The van der Waals surface area contributed by atoms with Crippen LogP contribution in [-0.2, 0) is 6.54 Å². The first-order valence-electron chi connectivity index (χ1n) is 7.13. The first-order valence-corrected chi connectivity index (χ1v) is 8.01. The normalized spacial score (nSPS) is 11.0. The van der Waals surface area contributed by atoms with Gasteiger partial charge in [-0.1, -0.05) is 26.0 Å². The lowest BCUT2D eigenvalue weighted by atomic mass is 10.0. The van der Waals surface area contributed by atoms with Crippen molar-refractivity contribution in [1.82, 2.24) is 5.32 Å². The summed E-state index contributed by atoms with van der Waals surface area (Å²) in [5.41, 5.74) is 2.69. The van der Waals surface area contributed by atoms with Gasteiger partial charge in [-0.05, 0) is 47.5 Å². The van der Waals surface area contributed by atoms with Crippen molar-refractivity contribution in [2.45, 2.75) is 33.2 Å². The Kier molecular flexibility index (Phi) is 5.62. The molecule has 0 unspecified atom stereocenters. The fraction of sp³-hybridized carbons (Fsp3) is 0.412. The fourth-order valence-corrected chi connectivity index (χ4v) is 2.87. The number of hydrogen-bond donors (Lipinski definition) is 1. The molecule has 0 aliphatic carbocycles. The second-order valence-electron chi connectivity index (χ2n) is 5.28. The number of aryl methyl sites for hydroxylation is 1. The van der Waals surface area contributed by atoms with Crippen LogP contribution in [0.25, 0.3) is 0 Å². The Morgan fingerprint density at radius 3 is 2.80 bits per heavy atom. The first-order chi connectivity index (χ1) is 9.66. The van der Waals surface area contributed by atoms with Crippen LogP contribution in [0.1, 0.15) is 35.8 Å². The average molecular weight is 289 g/mol. The van der Waals surface area contributed by atoms with Gasteiger partial charge in [-0.3, -0.25) is 0 Å². The molecular formula is C17H23NOS. The molecule has 0 aliphatic rings. The molecule has 0 fully saturated rings. The van der Waals surface area contributed by atoms with Gasteiger partial charge in [0.25, 0.3) is 0 Å². The van der Waals surface area contributed by atoms with Gasteiger partial charge in [0.05, 0.1) is 0 Å². The maximum absolute atomic E-state index is 5.79. The lowest BCUT2D eigenvalue weighted by Gasteiger charge is -2.10. The van der Waals surface area contributed by atoms with Gasteiger partial charge in [-0.15, -0.1) is 11.3 Å². The molecule has 0 saturated carbocycles. The zero-order valence-electron chi connectivity index (χ0n) is 12.5. The van der Waals surface area contributed by atoms with E-state index in [0.717, 1.165) is 18.8 Å². The van der Waals surface area contributed by atoms with E-state index in [1.54, 1.807) is 11.3 Å². The van der Waals surface area contributed by atoms with Crippen LogP contribution in [0, 0.1) is 6.92 Å². The summed E-state index contributed by atoms with van der Waals surface area (Å²) >= 11 is 1.81. The predicted octanol–water partition coefficient (Wildman–Crippen LogP) is 4.35. The third kappa shape index (κ3) is 4.36. The largest absolute Gasteiger partial charge is 0.492 e. The summed E-state index contributed by atoms with van der Waals surface area (Å²) in [7, 11) is 0. The maximum atomic E-state index is 5.79. The average Bonchev–Trinajstić information content (AvgIpc) is 2.84. The molecule has 2 nitrogen and oxygen atoms in total. The summed E-state index contributed by atoms with van der Waals surface area (Å²) in [4.78, 5) is 1.41. The van der Waals surface area contributed by atoms with Crippen LogP contribution in [0.3, 0.4) is 0 Å². The van der Waals surface area contributed by atoms with Crippen molar-refractivity contribution in [3.05, 3.63) is 51.7 Å². The highest BCUT2D eigenvalue weighted by atomic mass is 32.1. The summed E-state index contributed by atoms with van der Waals surface area (Å²) in [5, 5.41) is 5.56. The predicted molar refractivity (Wildman–Crippen MR) is 86.8 cm³/mol. The van der Waals surface area contributed by atoms with Crippen LogP contribution in [0.15, 0.2) is 35.7 Å². The minimum absolute atomic E-state index is 0.540. The van der Waals surface area contributed by atoms with Crippen LogP contribution < -0.4 is 10.1 Å². The van der Waals surface area contributed by atoms with Gasteiger partial charge in [-0.25, -0.2) is 0 Å². The standard InChI is InChI=1S/C17H23NOS/c1-13(2)15-5-4-6-16(11-15)19-9-8-18-12-17-14(3)7-10-20-17/h4-7,10-11,13,18H,8-9,12H2,1-3H3. The highest BCUT2D eigenvalue weighted by Crippen LogP contribution is 2.20. The van der Waals surface area contributed by atoms with E-state index in [2.05, 4.69) is 55.7 Å². The van der Waals surface area contributed by atoms with E-state index >= 15 is 0 Å². The SMILES string of the molecule is Cc1ccsc1CNCCOc1cccc(C(C)C)c1. The molecule has 0 bridgehead atoms. The highest BCUT2D eigenvalue weighted by molar-refractivity contribution is 7.10. The summed E-state index contributed by atoms with van der Waals surface area (Å²) in [6.07, 6.45) is 0. The third-order valence-corrected chi connectivity index (χ3v) is 4.35. The molecule has 1 aromatic heterocycles. The van der Waals surface area contributed by atoms with E-state index in [-0.39, 0.29) is 0 Å². The van der Waals surface area contributed by atoms with Crippen molar-refractivity contribution in [3.8, 4) is 5.75 Å². The number of thiophene rings is 1. The number of nitrogens with one attached hydrogen (secondary N) is 1. The van der Waals surface area contributed by atoms with Gasteiger partial charge in [0.1, 0.15) is 12.4 Å². The molecule has 1 aromatic carbocycles. The molecule has 20 heavy (non-hydrogen) atoms. The van der Waals surface area contributed by atoms with Crippen molar-refractivity contribution in [2.24, 2.45) is 0 Å². The quantitative estimate of drug-likeness (QED) is 0.765. The monoisotopic (exact) mass is 289 g/mol. The minimum Gasteiger partial charge on any atom is -0.492 e. The second-order valence-corrected chi connectivity index (χ2v) is 6.28. The maximum Gasteiger partial charge on any atom is 0.119 e. The molecular weight excluding hydrogens is 266 g/mol. The van der Waals surface area contributed by atoms with Gasteiger partial charge in [0.2, 0.25) is 0 Å². The van der Waals surface area contributed by atoms with Crippen molar-refractivity contribution in [2.75, 3.05) is 13.2 Å². The van der Waals surface area contributed by atoms with Crippen molar-refractivity contribution in [1.29, 1.82) is 0 Å². The Hall–Kier alpha value is -1.32. The molecule has 3 heteroatoms. The summed E-state index contributed by atoms with van der Waals surface area (Å²) in [6, 6.07) is 10.5. The molecule has 1 N–H and O–H groups in total. The van der Waals surface area contributed by atoms with E-state index in [0.29, 0.717) is 12.5 Å². The molecule has 0 amide bonds. The van der Waals surface area contributed by atoms with Crippen LogP contribution >= 0.6 is 11.3 Å². The number of hydrogen-bond acceptors (Lipinski definition) is 3. The highest BCUT2D eigenvalue weighted by Gasteiger charge is 2.01. The summed E-state index contributed by atoms with van der Waals surface area (Å²) in [5.74, 6) is 1.50. The van der Waals surface area contributed by atoms with E-state index in [4.69, 9.17) is 4.74 Å². The van der Waals surface area contributed by atoms with Crippen LogP contribution in [-0.4, -0.2) is 13.2 Å². The lowest BCUT2D eigenvalue weighted by molar-refractivity contribution is 0.313. The van der Waals surface area contributed by atoms with Crippen LogP contribution in [0.5, 0.6) is 5.75 Å². The van der Waals surface area contributed by atoms with E-state index < -0.39 is 0 Å². The fourth-order valence-electron chi connectivity index (χ4n) is 1.99. The first kappa shape index (κ1) is 15.1. The second kappa shape index (κ2) is 7.46. The Labute approximate surface area is 125 Å². The van der Waals surface area contributed by atoms with Crippen molar-refractivity contribution >= 4 is 11.3 Å². The van der Waals surface area contributed by atoms with Crippen LogP contribution in [0.4, 0.5) is 0 Å².